The Labute approximate surface area is 86.3 Å². The zero-order chi connectivity index (χ0) is 10.4. The lowest BCUT2D eigenvalue weighted by molar-refractivity contribution is 0.0948. The summed E-state index contributed by atoms with van der Waals surface area (Å²) in [6.45, 7) is 0.501. The molecule has 0 spiro atoms. The maximum Gasteiger partial charge on any atom is 0.269 e. The molecule has 14 heavy (non-hydrogen) atoms. The van der Waals surface area contributed by atoms with Gasteiger partial charge in [-0.05, 0) is 18.6 Å². The lowest BCUT2D eigenvalue weighted by Gasteiger charge is -2.02. The molecule has 0 radical (unpaired) electrons. The number of nitrogens with one attached hydrogen (secondary N) is 1. The summed E-state index contributed by atoms with van der Waals surface area (Å²) < 4.78 is 12.4. The Balaban J connectivity index is 2.48. The Kier molecular flexibility index (Phi) is 4.32. The fourth-order valence-electron chi connectivity index (χ4n) is 0.869. The first-order chi connectivity index (χ1) is 6.74. The number of carbonyl (C=O) groups excluding carboxylic acids is 1. The van der Waals surface area contributed by atoms with Crippen molar-refractivity contribution in [1.29, 1.82) is 0 Å². The number of carbonyl (C=O) groups is 1. The third-order valence-electron chi connectivity index (χ3n) is 1.56. The molecular formula is C9H10ClFN2O. The SMILES string of the molecule is O=C(NCCCCl)c1ccc(F)cn1. The van der Waals surface area contributed by atoms with E-state index in [1.54, 1.807) is 0 Å². The molecule has 0 unspecified atom stereocenters. The van der Waals surface area contributed by atoms with E-state index in [4.69, 9.17) is 11.6 Å². The van der Waals surface area contributed by atoms with Gasteiger partial charge in [0, 0.05) is 12.4 Å². The van der Waals surface area contributed by atoms with Gasteiger partial charge < -0.3 is 5.32 Å². The van der Waals surface area contributed by atoms with Crippen molar-refractivity contribution in [1.82, 2.24) is 10.3 Å². The van der Waals surface area contributed by atoms with Crippen molar-refractivity contribution in [3.8, 4) is 0 Å². The van der Waals surface area contributed by atoms with Crippen molar-refractivity contribution in [2.24, 2.45) is 0 Å². The molecule has 0 saturated heterocycles. The second kappa shape index (κ2) is 5.54. The molecule has 0 aliphatic heterocycles. The molecule has 0 saturated carbocycles. The second-order valence-corrected chi connectivity index (χ2v) is 3.04. The summed E-state index contributed by atoms with van der Waals surface area (Å²) in [5, 5.41) is 2.61. The predicted octanol–water partition coefficient (Wildman–Crippen LogP) is 1.58. The molecule has 0 bridgehead atoms. The Morgan fingerprint density at radius 3 is 2.93 bits per heavy atom. The average molecular weight is 217 g/mol. The standard InChI is InChI=1S/C9H10ClFN2O/c10-4-1-5-12-9(14)8-3-2-7(11)6-13-8/h2-3,6H,1,4-5H2,(H,12,14). The molecule has 1 aromatic heterocycles. The number of rotatable bonds is 4. The molecule has 76 valence electrons. The summed E-state index contributed by atoms with van der Waals surface area (Å²) in [7, 11) is 0. The number of halogens is 2. The van der Waals surface area contributed by atoms with Gasteiger partial charge in [0.2, 0.25) is 0 Å². The minimum Gasteiger partial charge on any atom is -0.351 e. The number of hydrogen-bond donors (Lipinski definition) is 1. The van der Waals surface area contributed by atoms with Crippen LogP contribution in [0.1, 0.15) is 16.9 Å². The number of nitrogens with zero attached hydrogens (tertiary/aromatic N) is 1. The molecule has 1 rings (SSSR count). The molecular weight excluding hydrogens is 207 g/mol. The fourth-order valence-corrected chi connectivity index (χ4v) is 1.00. The third-order valence-corrected chi connectivity index (χ3v) is 1.82. The number of amides is 1. The second-order valence-electron chi connectivity index (χ2n) is 2.66. The minimum atomic E-state index is -0.456. The van der Waals surface area contributed by atoms with Gasteiger partial charge >= 0.3 is 0 Å². The molecule has 1 amide bonds. The van der Waals surface area contributed by atoms with Crippen LogP contribution in [0.25, 0.3) is 0 Å². The van der Waals surface area contributed by atoms with Gasteiger partial charge in [-0.25, -0.2) is 9.37 Å². The van der Waals surface area contributed by atoms with Crippen LogP contribution >= 0.6 is 11.6 Å². The zero-order valence-corrected chi connectivity index (χ0v) is 8.22. The van der Waals surface area contributed by atoms with Gasteiger partial charge in [-0.3, -0.25) is 4.79 Å². The van der Waals surface area contributed by atoms with Crippen molar-refractivity contribution in [2.75, 3.05) is 12.4 Å². The molecule has 1 aromatic rings. The van der Waals surface area contributed by atoms with Gasteiger partial charge in [0.25, 0.3) is 5.91 Å². The van der Waals surface area contributed by atoms with Crippen molar-refractivity contribution in [2.45, 2.75) is 6.42 Å². The quantitative estimate of drug-likeness (QED) is 0.613. The first-order valence-electron chi connectivity index (χ1n) is 4.20. The van der Waals surface area contributed by atoms with E-state index >= 15 is 0 Å². The largest absolute Gasteiger partial charge is 0.351 e. The van der Waals surface area contributed by atoms with Crippen LogP contribution < -0.4 is 5.32 Å². The molecule has 3 nitrogen and oxygen atoms in total. The Morgan fingerprint density at radius 1 is 1.57 bits per heavy atom. The van der Waals surface area contributed by atoms with Crippen LogP contribution in [0.2, 0.25) is 0 Å². The number of alkyl halides is 1. The van der Waals surface area contributed by atoms with E-state index in [9.17, 15) is 9.18 Å². The van der Waals surface area contributed by atoms with Gasteiger partial charge in [-0.15, -0.1) is 11.6 Å². The summed E-state index contributed by atoms with van der Waals surface area (Å²) in [5.41, 5.74) is 0.209. The van der Waals surface area contributed by atoms with Gasteiger partial charge in [0.05, 0.1) is 6.20 Å². The molecule has 0 aromatic carbocycles. The highest BCUT2D eigenvalue weighted by Crippen LogP contribution is 1.97. The van der Waals surface area contributed by atoms with Gasteiger partial charge in [0.15, 0.2) is 0 Å². The molecule has 5 heteroatoms. The number of pyridine rings is 1. The summed E-state index contributed by atoms with van der Waals surface area (Å²) in [6.07, 6.45) is 1.71. The van der Waals surface area contributed by atoms with Crippen LogP contribution in [0.5, 0.6) is 0 Å². The smallest absolute Gasteiger partial charge is 0.269 e. The van der Waals surface area contributed by atoms with E-state index in [0.717, 1.165) is 6.20 Å². The van der Waals surface area contributed by atoms with Crippen LogP contribution in [0.4, 0.5) is 4.39 Å². The van der Waals surface area contributed by atoms with Crippen LogP contribution in [0.15, 0.2) is 18.3 Å². The summed E-state index contributed by atoms with van der Waals surface area (Å²) >= 11 is 5.44. The lowest BCUT2D eigenvalue weighted by atomic mass is 10.3. The molecule has 1 N–H and O–H groups in total. The van der Waals surface area contributed by atoms with E-state index in [1.165, 1.54) is 12.1 Å². The Bertz CT molecular complexity index is 302. The molecule has 0 aliphatic carbocycles. The van der Waals surface area contributed by atoms with Crippen LogP contribution in [-0.2, 0) is 0 Å². The maximum atomic E-state index is 12.4. The molecule has 1 heterocycles. The van der Waals surface area contributed by atoms with Crippen molar-refractivity contribution >= 4 is 17.5 Å². The number of aromatic nitrogens is 1. The summed E-state index contributed by atoms with van der Waals surface area (Å²) in [4.78, 5) is 14.9. The van der Waals surface area contributed by atoms with E-state index in [1.807, 2.05) is 0 Å². The first kappa shape index (κ1) is 10.9. The van der Waals surface area contributed by atoms with Crippen LogP contribution in [0.3, 0.4) is 0 Å². The molecule has 0 aliphatic rings. The highest BCUT2D eigenvalue weighted by atomic mass is 35.5. The van der Waals surface area contributed by atoms with Crippen LogP contribution in [0, 0.1) is 5.82 Å². The highest BCUT2D eigenvalue weighted by Gasteiger charge is 2.05. The molecule has 0 fully saturated rings. The van der Waals surface area contributed by atoms with Crippen molar-refractivity contribution in [3.05, 3.63) is 29.8 Å². The highest BCUT2D eigenvalue weighted by molar-refractivity contribution is 6.17. The zero-order valence-electron chi connectivity index (χ0n) is 7.46. The van der Waals surface area contributed by atoms with Crippen molar-refractivity contribution < 1.29 is 9.18 Å². The first-order valence-corrected chi connectivity index (χ1v) is 4.73. The van der Waals surface area contributed by atoms with Crippen molar-refractivity contribution in [3.63, 3.8) is 0 Å². The van der Waals surface area contributed by atoms with E-state index in [-0.39, 0.29) is 11.6 Å². The van der Waals surface area contributed by atoms with Gasteiger partial charge in [-0.1, -0.05) is 0 Å². The van der Waals surface area contributed by atoms with E-state index < -0.39 is 5.82 Å². The van der Waals surface area contributed by atoms with Crippen LogP contribution in [-0.4, -0.2) is 23.3 Å². The summed E-state index contributed by atoms with van der Waals surface area (Å²) in [6, 6.07) is 2.54. The Hall–Kier alpha value is -1.16. The normalized spacial score (nSPS) is 9.86. The maximum absolute atomic E-state index is 12.4. The number of hydrogen-bond acceptors (Lipinski definition) is 2. The minimum absolute atomic E-state index is 0.209. The predicted molar refractivity (Wildman–Crippen MR) is 51.9 cm³/mol. The third kappa shape index (κ3) is 3.30. The fraction of sp³-hybridized carbons (Fsp3) is 0.333. The Morgan fingerprint density at radius 2 is 2.36 bits per heavy atom. The monoisotopic (exact) mass is 216 g/mol. The topological polar surface area (TPSA) is 42.0 Å². The average Bonchev–Trinajstić information content (AvgIpc) is 2.19. The summed E-state index contributed by atoms with van der Waals surface area (Å²) in [5.74, 6) is -0.269. The molecule has 0 atom stereocenters. The lowest BCUT2D eigenvalue weighted by Crippen LogP contribution is -2.25. The van der Waals surface area contributed by atoms with Gasteiger partial charge in [-0.2, -0.15) is 0 Å². The van der Waals surface area contributed by atoms with Gasteiger partial charge in [0.1, 0.15) is 11.5 Å². The van der Waals surface area contributed by atoms with E-state index in [0.29, 0.717) is 18.8 Å². The van der Waals surface area contributed by atoms with E-state index in [2.05, 4.69) is 10.3 Å².